The van der Waals surface area contributed by atoms with Gasteiger partial charge in [-0.3, -0.25) is 9.59 Å². The zero-order valence-electron chi connectivity index (χ0n) is 15.3. The first-order valence-electron chi connectivity index (χ1n) is 8.88. The van der Waals surface area contributed by atoms with Crippen LogP contribution < -0.4 is 14.8 Å². The van der Waals surface area contributed by atoms with Crippen molar-refractivity contribution in [3.05, 3.63) is 23.8 Å². The first-order chi connectivity index (χ1) is 12.5. The van der Waals surface area contributed by atoms with Crippen LogP contribution in [0.3, 0.4) is 0 Å². The smallest absolute Gasteiger partial charge is 0.305 e. The molecule has 7 nitrogen and oxygen atoms in total. The summed E-state index contributed by atoms with van der Waals surface area (Å²) in [4.78, 5) is 23.5. The summed E-state index contributed by atoms with van der Waals surface area (Å²) in [5.41, 5.74) is 0.660. The molecule has 2 unspecified atom stereocenters. The summed E-state index contributed by atoms with van der Waals surface area (Å²) in [6.07, 6.45) is 4.05. The Hall–Kier alpha value is -2.28. The number of aliphatic carboxylic acids is 1. The topological polar surface area (TPSA) is 94.1 Å². The average molecular weight is 365 g/mol. The zero-order chi connectivity index (χ0) is 18.9. The van der Waals surface area contributed by atoms with Gasteiger partial charge in [0.25, 0.3) is 0 Å². The first kappa shape index (κ1) is 20.0. The number of carboxylic acid groups (broad SMARTS) is 1. The van der Waals surface area contributed by atoms with Gasteiger partial charge in [-0.05, 0) is 43.4 Å². The third-order valence-corrected chi connectivity index (χ3v) is 4.49. The van der Waals surface area contributed by atoms with Crippen molar-refractivity contribution in [1.82, 2.24) is 5.32 Å². The number of ether oxygens (including phenoxy) is 3. The van der Waals surface area contributed by atoms with Crippen LogP contribution in [0, 0.1) is 0 Å². The lowest BCUT2D eigenvalue weighted by Gasteiger charge is -2.23. The summed E-state index contributed by atoms with van der Waals surface area (Å²) < 4.78 is 16.1. The SMILES string of the molecule is COc1ccc(C(CC(=O)O)NC(=O)CCC2CCCCO2)cc1OC. The normalized spacial score (nSPS) is 18.0. The number of carboxylic acids is 1. The van der Waals surface area contributed by atoms with Crippen LogP contribution in [0.2, 0.25) is 0 Å². The summed E-state index contributed by atoms with van der Waals surface area (Å²) in [5, 5.41) is 12.0. The van der Waals surface area contributed by atoms with Crippen molar-refractivity contribution in [1.29, 1.82) is 0 Å². The van der Waals surface area contributed by atoms with E-state index in [1.165, 1.54) is 14.2 Å². The Bertz CT molecular complexity index is 612. The van der Waals surface area contributed by atoms with Crippen LogP contribution in [0.25, 0.3) is 0 Å². The highest BCUT2D eigenvalue weighted by Crippen LogP contribution is 2.31. The van der Waals surface area contributed by atoms with Gasteiger partial charge in [0.05, 0.1) is 32.8 Å². The van der Waals surface area contributed by atoms with Crippen LogP contribution in [0.5, 0.6) is 11.5 Å². The maximum Gasteiger partial charge on any atom is 0.305 e. The van der Waals surface area contributed by atoms with Gasteiger partial charge in [0.15, 0.2) is 11.5 Å². The molecule has 2 rings (SSSR count). The molecule has 1 saturated heterocycles. The molecule has 0 spiro atoms. The van der Waals surface area contributed by atoms with Crippen molar-refractivity contribution in [3.63, 3.8) is 0 Å². The lowest BCUT2D eigenvalue weighted by molar-refractivity contribution is -0.137. The Morgan fingerprint density at radius 2 is 2.04 bits per heavy atom. The molecule has 144 valence electrons. The molecule has 0 aliphatic carbocycles. The van der Waals surface area contributed by atoms with Gasteiger partial charge in [-0.2, -0.15) is 0 Å². The van der Waals surface area contributed by atoms with Gasteiger partial charge in [0.2, 0.25) is 5.91 Å². The van der Waals surface area contributed by atoms with Gasteiger partial charge < -0.3 is 24.6 Å². The molecule has 1 fully saturated rings. The molecule has 1 aromatic rings. The molecule has 0 radical (unpaired) electrons. The summed E-state index contributed by atoms with van der Waals surface area (Å²) >= 11 is 0. The van der Waals surface area contributed by atoms with Crippen LogP contribution in [-0.2, 0) is 14.3 Å². The Balaban J connectivity index is 2.01. The van der Waals surface area contributed by atoms with Gasteiger partial charge in [-0.15, -0.1) is 0 Å². The summed E-state index contributed by atoms with van der Waals surface area (Å²) in [6, 6.07) is 4.49. The number of carbonyl (C=O) groups excluding carboxylic acids is 1. The molecule has 0 saturated carbocycles. The van der Waals surface area contributed by atoms with E-state index in [-0.39, 0.29) is 18.4 Å². The minimum Gasteiger partial charge on any atom is -0.493 e. The fourth-order valence-corrected chi connectivity index (χ4v) is 3.09. The standard InChI is InChI=1S/C19H27NO6/c1-24-16-8-6-13(11-17(16)25-2)15(12-19(22)23)20-18(21)9-7-14-5-3-4-10-26-14/h6,8,11,14-15H,3-5,7,9-10,12H2,1-2H3,(H,20,21)(H,22,23). The molecule has 1 aromatic carbocycles. The van der Waals surface area contributed by atoms with Crippen molar-refractivity contribution in [2.24, 2.45) is 0 Å². The highest BCUT2D eigenvalue weighted by molar-refractivity contribution is 5.77. The van der Waals surface area contributed by atoms with Crippen molar-refractivity contribution in [2.45, 2.75) is 50.7 Å². The van der Waals surface area contributed by atoms with E-state index in [2.05, 4.69) is 5.32 Å². The second-order valence-electron chi connectivity index (χ2n) is 6.36. The van der Waals surface area contributed by atoms with E-state index in [1.54, 1.807) is 18.2 Å². The molecule has 7 heteroatoms. The predicted molar refractivity (Wildman–Crippen MR) is 95.5 cm³/mol. The van der Waals surface area contributed by atoms with Crippen molar-refractivity contribution >= 4 is 11.9 Å². The van der Waals surface area contributed by atoms with E-state index in [4.69, 9.17) is 14.2 Å². The fourth-order valence-electron chi connectivity index (χ4n) is 3.09. The van der Waals surface area contributed by atoms with Crippen LogP contribution >= 0.6 is 0 Å². The largest absolute Gasteiger partial charge is 0.493 e. The molecule has 1 aliphatic heterocycles. The summed E-state index contributed by atoms with van der Waals surface area (Å²) in [7, 11) is 3.04. The van der Waals surface area contributed by atoms with Crippen LogP contribution in [0.4, 0.5) is 0 Å². The lowest BCUT2D eigenvalue weighted by atomic mass is 10.0. The average Bonchev–Trinajstić information content (AvgIpc) is 2.65. The van der Waals surface area contributed by atoms with Crippen molar-refractivity contribution in [2.75, 3.05) is 20.8 Å². The maximum absolute atomic E-state index is 12.3. The first-order valence-corrected chi connectivity index (χ1v) is 8.88. The number of methoxy groups -OCH3 is 2. The Kier molecular flexibility index (Phi) is 7.72. The van der Waals surface area contributed by atoms with Crippen LogP contribution in [-0.4, -0.2) is 43.9 Å². The van der Waals surface area contributed by atoms with E-state index < -0.39 is 12.0 Å². The number of benzene rings is 1. The number of carbonyl (C=O) groups is 2. The minimum absolute atomic E-state index is 0.119. The van der Waals surface area contributed by atoms with E-state index in [1.807, 2.05) is 0 Å². The quantitative estimate of drug-likeness (QED) is 0.699. The summed E-state index contributed by atoms with van der Waals surface area (Å²) in [5.74, 6) is -0.128. The Morgan fingerprint density at radius 1 is 1.27 bits per heavy atom. The van der Waals surface area contributed by atoms with Gasteiger partial charge in [0, 0.05) is 13.0 Å². The maximum atomic E-state index is 12.3. The molecule has 0 aromatic heterocycles. The summed E-state index contributed by atoms with van der Waals surface area (Å²) in [6.45, 7) is 0.750. The van der Waals surface area contributed by atoms with E-state index in [0.717, 1.165) is 25.9 Å². The molecule has 2 N–H and O–H groups in total. The van der Waals surface area contributed by atoms with Gasteiger partial charge in [-0.25, -0.2) is 0 Å². The highest BCUT2D eigenvalue weighted by Gasteiger charge is 2.21. The number of hydrogen-bond acceptors (Lipinski definition) is 5. The van der Waals surface area contributed by atoms with Gasteiger partial charge >= 0.3 is 5.97 Å². The number of nitrogens with one attached hydrogen (secondary N) is 1. The molecule has 26 heavy (non-hydrogen) atoms. The number of hydrogen-bond donors (Lipinski definition) is 2. The monoisotopic (exact) mass is 365 g/mol. The van der Waals surface area contributed by atoms with Crippen molar-refractivity contribution < 1.29 is 28.9 Å². The minimum atomic E-state index is -0.985. The second kappa shape index (κ2) is 10.0. The second-order valence-corrected chi connectivity index (χ2v) is 6.36. The molecule has 1 aliphatic rings. The molecular weight excluding hydrogens is 338 g/mol. The highest BCUT2D eigenvalue weighted by atomic mass is 16.5. The van der Waals surface area contributed by atoms with E-state index in [0.29, 0.717) is 29.9 Å². The molecule has 2 atom stereocenters. The molecular formula is C19H27NO6. The third kappa shape index (κ3) is 5.91. The number of rotatable bonds is 9. The van der Waals surface area contributed by atoms with Gasteiger partial charge in [0.1, 0.15) is 0 Å². The third-order valence-electron chi connectivity index (χ3n) is 4.49. The fraction of sp³-hybridized carbons (Fsp3) is 0.579. The van der Waals surface area contributed by atoms with Gasteiger partial charge in [-0.1, -0.05) is 6.07 Å². The van der Waals surface area contributed by atoms with Crippen molar-refractivity contribution in [3.8, 4) is 11.5 Å². The van der Waals surface area contributed by atoms with Crippen LogP contribution in [0.15, 0.2) is 18.2 Å². The van der Waals surface area contributed by atoms with Crippen LogP contribution in [0.1, 0.15) is 50.1 Å². The Labute approximate surface area is 153 Å². The van der Waals surface area contributed by atoms with E-state index in [9.17, 15) is 14.7 Å². The Morgan fingerprint density at radius 3 is 2.65 bits per heavy atom. The zero-order valence-corrected chi connectivity index (χ0v) is 15.3. The predicted octanol–water partition coefficient (Wildman–Crippen LogP) is 2.69. The molecule has 1 amide bonds. The molecule has 0 bridgehead atoms. The molecule has 1 heterocycles. The number of amides is 1. The lowest BCUT2D eigenvalue weighted by Crippen LogP contribution is -2.31. The van der Waals surface area contributed by atoms with E-state index >= 15 is 0 Å².